The van der Waals surface area contributed by atoms with Gasteiger partial charge in [0.25, 0.3) is 0 Å². The van der Waals surface area contributed by atoms with Crippen molar-refractivity contribution >= 4 is 29.1 Å². The zero-order valence-corrected chi connectivity index (χ0v) is 13.9. The van der Waals surface area contributed by atoms with Gasteiger partial charge in [-0.1, -0.05) is 24.9 Å². The van der Waals surface area contributed by atoms with Crippen molar-refractivity contribution in [3.63, 3.8) is 0 Å². The third-order valence-electron chi connectivity index (χ3n) is 3.89. The minimum atomic E-state index is -4.60. The van der Waals surface area contributed by atoms with E-state index in [0.717, 1.165) is 25.0 Å². The second-order valence-corrected chi connectivity index (χ2v) is 6.12. The Bertz CT molecular complexity index is 634. The first-order valence-electron chi connectivity index (χ1n) is 7.69. The number of halogens is 4. The molecule has 1 fully saturated rings. The van der Waals surface area contributed by atoms with Crippen LogP contribution in [0.25, 0.3) is 0 Å². The number of amides is 2. The van der Waals surface area contributed by atoms with Gasteiger partial charge in [0.2, 0.25) is 11.8 Å². The largest absolute Gasteiger partial charge is 0.417 e. The van der Waals surface area contributed by atoms with E-state index in [0.29, 0.717) is 6.54 Å². The molecular formula is C16H18ClF3N2O2. The van der Waals surface area contributed by atoms with E-state index < -0.39 is 22.7 Å². The molecule has 2 amide bonds. The van der Waals surface area contributed by atoms with Gasteiger partial charge in [-0.3, -0.25) is 9.59 Å². The lowest BCUT2D eigenvalue weighted by molar-refractivity contribution is -0.137. The van der Waals surface area contributed by atoms with Crippen LogP contribution in [0.1, 0.15) is 31.7 Å². The van der Waals surface area contributed by atoms with Gasteiger partial charge in [0.15, 0.2) is 0 Å². The highest BCUT2D eigenvalue weighted by Gasteiger charge is 2.37. The molecule has 0 radical (unpaired) electrons. The van der Waals surface area contributed by atoms with Crippen LogP contribution < -0.4 is 10.2 Å². The highest BCUT2D eigenvalue weighted by Crippen LogP contribution is 2.38. The molecule has 0 aliphatic carbocycles. The molecule has 1 atom stereocenters. The van der Waals surface area contributed by atoms with Gasteiger partial charge in [-0.15, -0.1) is 0 Å². The molecule has 4 nitrogen and oxygen atoms in total. The number of nitrogens with zero attached hydrogens (tertiary/aromatic N) is 1. The second kappa shape index (κ2) is 7.42. The number of nitrogens with one attached hydrogen (secondary N) is 1. The Morgan fingerprint density at radius 2 is 2.12 bits per heavy atom. The van der Waals surface area contributed by atoms with Gasteiger partial charge in [0.05, 0.1) is 16.5 Å². The Morgan fingerprint density at radius 1 is 1.42 bits per heavy atom. The Hall–Kier alpha value is -1.76. The molecule has 1 aliphatic rings. The molecule has 0 spiro atoms. The van der Waals surface area contributed by atoms with Crippen LogP contribution in [0.2, 0.25) is 5.02 Å². The lowest BCUT2D eigenvalue weighted by Gasteiger charge is -2.19. The van der Waals surface area contributed by atoms with Crippen molar-refractivity contribution in [3.05, 3.63) is 28.8 Å². The van der Waals surface area contributed by atoms with Crippen molar-refractivity contribution in [2.75, 3.05) is 18.0 Å². The van der Waals surface area contributed by atoms with Gasteiger partial charge < -0.3 is 10.2 Å². The van der Waals surface area contributed by atoms with Gasteiger partial charge in [-0.2, -0.15) is 13.2 Å². The van der Waals surface area contributed by atoms with Gasteiger partial charge in [-0.25, -0.2) is 0 Å². The standard InChI is InChI=1S/C16H18ClF3N2O2/c1-2-3-6-21-15(24)10-7-14(23)22(9-10)11-4-5-13(17)12(8-11)16(18,19)20/h4-5,8,10H,2-3,6-7,9H2,1H3,(H,21,24). The second-order valence-electron chi connectivity index (χ2n) is 5.71. The van der Waals surface area contributed by atoms with E-state index in [1.54, 1.807) is 0 Å². The molecule has 1 aromatic carbocycles. The normalized spacial score (nSPS) is 18.1. The van der Waals surface area contributed by atoms with Gasteiger partial charge in [-0.05, 0) is 24.6 Å². The molecule has 132 valence electrons. The number of hydrogen-bond acceptors (Lipinski definition) is 2. The molecule has 0 bridgehead atoms. The number of benzene rings is 1. The van der Waals surface area contributed by atoms with E-state index >= 15 is 0 Å². The molecule has 1 heterocycles. The average molecular weight is 363 g/mol. The number of unbranched alkanes of at least 4 members (excludes halogenated alkanes) is 1. The lowest BCUT2D eigenvalue weighted by Crippen LogP contribution is -2.33. The van der Waals surface area contributed by atoms with Crippen molar-refractivity contribution < 1.29 is 22.8 Å². The maximum atomic E-state index is 12.9. The first-order chi connectivity index (χ1) is 11.2. The molecule has 0 saturated carbocycles. The summed E-state index contributed by atoms with van der Waals surface area (Å²) in [6, 6.07) is 3.31. The summed E-state index contributed by atoms with van der Waals surface area (Å²) in [6.45, 7) is 2.58. The fraction of sp³-hybridized carbons (Fsp3) is 0.500. The molecule has 1 unspecified atom stereocenters. The fourth-order valence-corrected chi connectivity index (χ4v) is 2.79. The zero-order chi connectivity index (χ0) is 17.9. The van der Waals surface area contributed by atoms with E-state index in [2.05, 4.69) is 5.32 Å². The number of anilines is 1. The molecule has 8 heteroatoms. The summed E-state index contributed by atoms with van der Waals surface area (Å²) in [5.74, 6) is -1.18. The minimum absolute atomic E-state index is 0.0120. The van der Waals surface area contributed by atoms with Crippen molar-refractivity contribution in [1.82, 2.24) is 5.32 Å². The maximum absolute atomic E-state index is 12.9. The summed E-state index contributed by atoms with van der Waals surface area (Å²) in [7, 11) is 0. The molecular weight excluding hydrogens is 345 g/mol. The Labute approximate surface area is 143 Å². The van der Waals surface area contributed by atoms with E-state index in [9.17, 15) is 22.8 Å². The summed E-state index contributed by atoms with van der Waals surface area (Å²) in [6.07, 6.45) is -2.85. The summed E-state index contributed by atoms with van der Waals surface area (Å²) in [5, 5.41) is 2.32. The fourth-order valence-electron chi connectivity index (χ4n) is 2.56. The summed E-state index contributed by atoms with van der Waals surface area (Å²) in [5.41, 5.74) is -0.897. The predicted octanol–water partition coefficient (Wildman–Crippen LogP) is 3.63. The van der Waals surface area contributed by atoms with E-state index in [-0.39, 0.29) is 30.5 Å². The monoisotopic (exact) mass is 362 g/mol. The number of carbonyl (C=O) groups is 2. The van der Waals surface area contributed by atoms with Crippen LogP contribution in [0.3, 0.4) is 0 Å². The minimum Gasteiger partial charge on any atom is -0.356 e. The van der Waals surface area contributed by atoms with Crippen LogP contribution in [-0.2, 0) is 15.8 Å². The van der Waals surface area contributed by atoms with Crippen LogP contribution in [0.15, 0.2) is 18.2 Å². The number of rotatable bonds is 5. The van der Waals surface area contributed by atoms with Crippen molar-refractivity contribution in [1.29, 1.82) is 0 Å². The average Bonchev–Trinajstić information content (AvgIpc) is 2.89. The molecule has 1 N–H and O–H groups in total. The third kappa shape index (κ3) is 4.20. The quantitative estimate of drug-likeness (QED) is 0.813. The first kappa shape index (κ1) is 18.6. The molecule has 24 heavy (non-hydrogen) atoms. The van der Waals surface area contributed by atoms with E-state index in [1.165, 1.54) is 11.0 Å². The summed E-state index contributed by atoms with van der Waals surface area (Å²) < 4.78 is 38.8. The Balaban J connectivity index is 2.13. The van der Waals surface area contributed by atoms with Gasteiger partial charge >= 0.3 is 6.18 Å². The van der Waals surface area contributed by atoms with Crippen LogP contribution in [-0.4, -0.2) is 24.9 Å². The highest BCUT2D eigenvalue weighted by molar-refractivity contribution is 6.31. The summed E-state index contributed by atoms with van der Waals surface area (Å²) >= 11 is 5.59. The van der Waals surface area contributed by atoms with Crippen molar-refractivity contribution in [2.24, 2.45) is 5.92 Å². The molecule has 2 rings (SSSR count). The summed E-state index contributed by atoms with van der Waals surface area (Å²) in [4.78, 5) is 25.3. The van der Waals surface area contributed by atoms with Crippen LogP contribution in [0.4, 0.5) is 18.9 Å². The number of hydrogen-bond donors (Lipinski definition) is 1. The smallest absolute Gasteiger partial charge is 0.356 e. The SMILES string of the molecule is CCCCNC(=O)C1CC(=O)N(c2ccc(Cl)c(C(F)(F)F)c2)C1. The Morgan fingerprint density at radius 3 is 2.75 bits per heavy atom. The van der Waals surface area contributed by atoms with Crippen LogP contribution >= 0.6 is 11.6 Å². The van der Waals surface area contributed by atoms with Crippen LogP contribution in [0.5, 0.6) is 0 Å². The lowest BCUT2D eigenvalue weighted by atomic mass is 10.1. The highest BCUT2D eigenvalue weighted by atomic mass is 35.5. The van der Waals surface area contributed by atoms with E-state index in [4.69, 9.17) is 11.6 Å². The molecule has 1 aromatic rings. The topological polar surface area (TPSA) is 49.4 Å². The first-order valence-corrected chi connectivity index (χ1v) is 8.06. The van der Waals surface area contributed by atoms with Crippen molar-refractivity contribution in [2.45, 2.75) is 32.4 Å². The number of carbonyl (C=O) groups excluding carboxylic acids is 2. The predicted molar refractivity (Wildman–Crippen MR) is 84.8 cm³/mol. The maximum Gasteiger partial charge on any atom is 0.417 e. The molecule has 0 aromatic heterocycles. The zero-order valence-electron chi connectivity index (χ0n) is 13.1. The molecule has 1 aliphatic heterocycles. The van der Waals surface area contributed by atoms with E-state index in [1.807, 2.05) is 6.92 Å². The van der Waals surface area contributed by atoms with Gasteiger partial charge in [0.1, 0.15) is 0 Å². The number of alkyl halides is 3. The van der Waals surface area contributed by atoms with Gasteiger partial charge in [0, 0.05) is 25.2 Å². The third-order valence-corrected chi connectivity index (χ3v) is 4.22. The Kier molecular flexibility index (Phi) is 5.74. The van der Waals surface area contributed by atoms with Crippen LogP contribution in [0, 0.1) is 5.92 Å². The molecule has 1 saturated heterocycles. The van der Waals surface area contributed by atoms with Crippen molar-refractivity contribution in [3.8, 4) is 0 Å².